The Hall–Kier alpha value is -1.04. The van der Waals surface area contributed by atoms with Crippen molar-refractivity contribution < 1.29 is 4.92 Å². The van der Waals surface area contributed by atoms with Gasteiger partial charge in [0.25, 0.3) is 5.69 Å². The van der Waals surface area contributed by atoms with Gasteiger partial charge in [-0.25, -0.2) is 0 Å². The van der Waals surface area contributed by atoms with E-state index >= 15 is 0 Å². The van der Waals surface area contributed by atoms with Crippen LogP contribution in [0.1, 0.15) is 27.7 Å². The molecular weight excluding hydrogens is 313 g/mol. The van der Waals surface area contributed by atoms with Crippen LogP contribution in [0.2, 0.25) is 10.0 Å². The third-order valence-corrected chi connectivity index (χ3v) is 3.83. The van der Waals surface area contributed by atoms with E-state index in [9.17, 15) is 10.1 Å². The molecule has 0 atom stereocenters. The normalized spacial score (nSPS) is 11.5. The standard InChI is InChI=1S/C14H21Cl2N3O2/c1-9(2)18(10(3)4)6-5-17-14-12(15)7-11(19(20)21)8-13(14)16/h7-10,17H,5-6H2,1-4H3. The fraction of sp³-hybridized carbons (Fsp3) is 0.571. The number of nitro benzene ring substituents is 1. The van der Waals surface area contributed by atoms with Gasteiger partial charge in [-0.3, -0.25) is 15.0 Å². The first-order chi connectivity index (χ1) is 9.73. The van der Waals surface area contributed by atoms with Crippen LogP contribution in [0.3, 0.4) is 0 Å². The maximum absolute atomic E-state index is 10.7. The molecule has 0 saturated heterocycles. The molecule has 0 saturated carbocycles. The molecule has 0 aliphatic carbocycles. The fourth-order valence-corrected chi connectivity index (χ4v) is 2.87. The van der Waals surface area contributed by atoms with Gasteiger partial charge < -0.3 is 5.32 Å². The summed E-state index contributed by atoms with van der Waals surface area (Å²) >= 11 is 12.1. The zero-order valence-corrected chi connectivity index (χ0v) is 14.2. The van der Waals surface area contributed by atoms with Crippen LogP contribution in [0.5, 0.6) is 0 Å². The topological polar surface area (TPSA) is 58.4 Å². The highest BCUT2D eigenvalue weighted by Gasteiger charge is 2.16. The summed E-state index contributed by atoms with van der Waals surface area (Å²) in [7, 11) is 0. The molecule has 0 amide bonds. The first-order valence-electron chi connectivity index (χ1n) is 6.87. The lowest BCUT2D eigenvalue weighted by Gasteiger charge is -2.30. The lowest BCUT2D eigenvalue weighted by Crippen LogP contribution is -2.40. The lowest BCUT2D eigenvalue weighted by molar-refractivity contribution is -0.384. The lowest BCUT2D eigenvalue weighted by atomic mass is 10.2. The summed E-state index contributed by atoms with van der Waals surface area (Å²) in [4.78, 5) is 12.6. The number of nitrogens with zero attached hydrogens (tertiary/aromatic N) is 2. The number of hydrogen-bond acceptors (Lipinski definition) is 4. The Bertz CT molecular complexity index is 476. The molecule has 0 aliphatic heterocycles. The average Bonchev–Trinajstić information content (AvgIpc) is 2.35. The van der Waals surface area contributed by atoms with E-state index in [1.54, 1.807) is 0 Å². The number of hydrogen-bond donors (Lipinski definition) is 1. The van der Waals surface area contributed by atoms with E-state index in [0.29, 0.717) is 24.3 Å². The zero-order chi connectivity index (χ0) is 16.2. The Morgan fingerprint density at radius 1 is 1.19 bits per heavy atom. The van der Waals surface area contributed by atoms with Gasteiger partial charge in [-0.05, 0) is 27.7 Å². The minimum Gasteiger partial charge on any atom is -0.381 e. The van der Waals surface area contributed by atoms with E-state index in [-0.39, 0.29) is 15.7 Å². The quantitative estimate of drug-likeness (QED) is 0.592. The van der Waals surface area contributed by atoms with Crippen molar-refractivity contribution in [2.24, 2.45) is 0 Å². The molecule has 0 heterocycles. The molecule has 7 heteroatoms. The maximum Gasteiger partial charge on any atom is 0.272 e. The van der Waals surface area contributed by atoms with E-state index in [1.807, 2.05) is 0 Å². The number of benzene rings is 1. The van der Waals surface area contributed by atoms with Crippen LogP contribution in [-0.4, -0.2) is 35.0 Å². The summed E-state index contributed by atoms with van der Waals surface area (Å²) in [6, 6.07) is 3.49. The third-order valence-electron chi connectivity index (χ3n) is 3.24. The summed E-state index contributed by atoms with van der Waals surface area (Å²) < 4.78 is 0. The van der Waals surface area contributed by atoms with Gasteiger partial charge in [-0.15, -0.1) is 0 Å². The summed E-state index contributed by atoms with van der Waals surface area (Å²) in [6.45, 7) is 10.1. The molecule has 0 unspecified atom stereocenters. The molecule has 21 heavy (non-hydrogen) atoms. The van der Waals surface area contributed by atoms with Gasteiger partial charge in [0.05, 0.1) is 20.7 Å². The van der Waals surface area contributed by atoms with E-state index < -0.39 is 4.92 Å². The van der Waals surface area contributed by atoms with E-state index in [1.165, 1.54) is 12.1 Å². The van der Waals surface area contributed by atoms with E-state index in [0.717, 1.165) is 6.54 Å². The zero-order valence-electron chi connectivity index (χ0n) is 12.7. The van der Waals surface area contributed by atoms with Gasteiger partial charge in [-0.2, -0.15) is 0 Å². The van der Waals surface area contributed by atoms with Crippen molar-refractivity contribution in [2.75, 3.05) is 18.4 Å². The van der Waals surface area contributed by atoms with Gasteiger partial charge >= 0.3 is 0 Å². The molecule has 0 aliphatic rings. The van der Waals surface area contributed by atoms with Crippen molar-refractivity contribution in [3.05, 3.63) is 32.3 Å². The maximum atomic E-state index is 10.7. The van der Waals surface area contributed by atoms with Crippen LogP contribution in [0.25, 0.3) is 0 Å². The van der Waals surface area contributed by atoms with Gasteiger partial charge in [0.1, 0.15) is 0 Å². The summed E-state index contributed by atoms with van der Waals surface area (Å²) in [5.74, 6) is 0. The molecule has 0 spiro atoms. The second kappa shape index (κ2) is 7.82. The Kier molecular flexibility index (Phi) is 6.71. The molecule has 1 N–H and O–H groups in total. The van der Waals surface area contributed by atoms with Crippen molar-refractivity contribution in [3.8, 4) is 0 Å². The van der Waals surface area contributed by atoms with Crippen molar-refractivity contribution in [3.63, 3.8) is 0 Å². The first kappa shape index (κ1) is 18.0. The highest BCUT2D eigenvalue weighted by molar-refractivity contribution is 6.39. The van der Waals surface area contributed by atoms with Crippen molar-refractivity contribution >= 4 is 34.6 Å². The van der Waals surface area contributed by atoms with Crippen LogP contribution in [-0.2, 0) is 0 Å². The average molecular weight is 334 g/mol. The monoisotopic (exact) mass is 333 g/mol. The summed E-state index contributed by atoms with van der Waals surface area (Å²) in [5, 5.41) is 14.4. The molecule has 5 nitrogen and oxygen atoms in total. The second-order valence-electron chi connectivity index (χ2n) is 5.39. The minimum atomic E-state index is -0.513. The predicted molar refractivity (Wildman–Crippen MR) is 88.6 cm³/mol. The van der Waals surface area contributed by atoms with Crippen LogP contribution >= 0.6 is 23.2 Å². The Morgan fingerprint density at radius 2 is 1.67 bits per heavy atom. The molecule has 0 fully saturated rings. The van der Waals surface area contributed by atoms with Crippen molar-refractivity contribution in [2.45, 2.75) is 39.8 Å². The number of nitro groups is 1. The first-order valence-corrected chi connectivity index (χ1v) is 7.62. The van der Waals surface area contributed by atoms with Crippen LogP contribution in [0.4, 0.5) is 11.4 Å². The Morgan fingerprint density at radius 3 is 2.05 bits per heavy atom. The molecular formula is C14H21Cl2N3O2. The third kappa shape index (κ3) is 5.02. The summed E-state index contributed by atoms with van der Waals surface area (Å²) in [5.41, 5.74) is 0.429. The van der Waals surface area contributed by atoms with E-state index in [4.69, 9.17) is 23.2 Å². The molecule has 118 valence electrons. The van der Waals surface area contributed by atoms with Gasteiger partial charge in [0, 0.05) is 37.3 Å². The number of anilines is 1. The van der Waals surface area contributed by atoms with Gasteiger partial charge in [-0.1, -0.05) is 23.2 Å². The SMILES string of the molecule is CC(C)N(CCNc1c(Cl)cc([N+](=O)[O-])cc1Cl)C(C)C. The van der Waals surface area contributed by atoms with E-state index in [2.05, 4.69) is 37.9 Å². The minimum absolute atomic E-state index is 0.110. The number of halogens is 2. The molecule has 0 radical (unpaired) electrons. The van der Waals surface area contributed by atoms with Crippen molar-refractivity contribution in [1.82, 2.24) is 4.90 Å². The van der Waals surface area contributed by atoms with Crippen LogP contribution < -0.4 is 5.32 Å². The molecule has 1 aromatic carbocycles. The van der Waals surface area contributed by atoms with Gasteiger partial charge in [0.2, 0.25) is 0 Å². The van der Waals surface area contributed by atoms with Crippen LogP contribution in [0, 0.1) is 10.1 Å². The second-order valence-corrected chi connectivity index (χ2v) is 6.21. The highest BCUT2D eigenvalue weighted by Crippen LogP contribution is 2.34. The smallest absolute Gasteiger partial charge is 0.272 e. The molecule has 0 aromatic heterocycles. The largest absolute Gasteiger partial charge is 0.381 e. The summed E-state index contributed by atoms with van der Waals surface area (Å²) in [6.07, 6.45) is 0. The molecule has 1 rings (SSSR count). The Balaban J connectivity index is 2.74. The van der Waals surface area contributed by atoms with Crippen molar-refractivity contribution in [1.29, 1.82) is 0 Å². The number of non-ortho nitro benzene ring substituents is 1. The molecule has 1 aromatic rings. The predicted octanol–water partition coefficient (Wildman–Crippen LogP) is 4.43. The Labute approximate surface area is 135 Å². The van der Waals surface area contributed by atoms with Crippen LogP contribution in [0.15, 0.2) is 12.1 Å². The number of nitrogens with one attached hydrogen (secondary N) is 1. The van der Waals surface area contributed by atoms with Gasteiger partial charge in [0.15, 0.2) is 0 Å². The fourth-order valence-electron chi connectivity index (χ4n) is 2.26. The highest BCUT2D eigenvalue weighted by atomic mass is 35.5. The number of rotatable bonds is 7. The molecule has 0 bridgehead atoms.